The molecule has 0 aliphatic carbocycles. The Morgan fingerprint density at radius 3 is 2.64 bits per heavy atom. The summed E-state index contributed by atoms with van der Waals surface area (Å²) in [6.07, 6.45) is 2.40. The Morgan fingerprint density at radius 2 is 2.00 bits per heavy atom. The first kappa shape index (κ1) is 16.7. The second-order valence-electron chi connectivity index (χ2n) is 5.61. The molecule has 0 aliphatic heterocycles. The van der Waals surface area contributed by atoms with E-state index < -0.39 is 0 Å². The Balaban J connectivity index is 1.69. The van der Waals surface area contributed by atoms with E-state index in [-0.39, 0.29) is 11.9 Å². The summed E-state index contributed by atoms with van der Waals surface area (Å²) < 4.78 is 0. The molecule has 1 atom stereocenters. The lowest BCUT2D eigenvalue weighted by Gasteiger charge is -2.13. The van der Waals surface area contributed by atoms with Crippen molar-refractivity contribution in [2.45, 2.75) is 39.2 Å². The summed E-state index contributed by atoms with van der Waals surface area (Å²) in [5, 5.41) is 2.93. The van der Waals surface area contributed by atoms with Gasteiger partial charge in [-0.3, -0.25) is 4.79 Å². The predicted molar refractivity (Wildman–Crippen MR) is 93.1 cm³/mol. The number of aryl methyl sites for hydroxylation is 3. The summed E-state index contributed by atoms with van der Waals surface area (Å²) in [4.78, 5) is 14.6. The fourth-order valence-electron chi connectivity index (χ4n) is 2.50. The summed E-state index contributed by atoms with van der Waals surface area (Å²) in [6.45, 7) is 4.75. The molecule has 0 bridgehead atoms. The van der Waals surface area contributed by atoms with E-state index in [2.05, 4.69) is 25.2 Å². The third kappa shape index (κ3) is 4.97. The maximum absolute atomic E-state index is 11.9. The summed E-state index contributed by atoms with van der Waals surface area (Å²) in [5.74, 6) is 0.0796. The highest BCUT2D eigenvalue weighted by atomic mass is 32.1. The van der Waals surface area contributed by atoms with Crippen LogP contribution in [-0.4, -0.2) is 12.5 Å². The van der Waals surface area contributed by atoms with Gasteiger partial charge in [-0.15, -0.1) is 11.3 Å². The Bertz CT molecular complexity index is 607. The smallest absolute Gasteiger partial charge is 0.220 e. The Labute approximate surface area is 136 Å². The molecule has 1 unspecified atom stereocenters. The standard InChI is InChI=1S/C18H24N2OS/c1-13-11-16(14(2)22-13)9-6-10-18(21)20-12-17(19)15-7-4-3-5-8-15/h3-5,7-8,11,17H,6,9-10,12,19H2,1-2H3,(H,20,21). The van der Waals surface area contributed by atoms with Crippen molar-refractivity contribution in [3.63, 3.8) is 0 Å². The van der Waals surface area contributed by atoms with Gasteiger partial charge in [0.1, 0.15) is 0 Å². The molecule has 1 amide bonds. The van der Waals surface area contributed by atoms with Crippen molar-refractivity contribution in [3.05, 3.63) is 57.3 Å². The first-order chi connectivity index (χ1) is 10.6. The molecular formula is C18H24N2OS. The second kappa shape index (κ2) is 8.11. The lowest BCUT2D eigenvalue weighted by Crippen LogP contribution is -2.31. The van der Waals surface area contributed by atoms with Crippen molar-refractivity contribution in [1.29, 1.82) is 0 Å². The van der Waals surface area contributed by atoms with Gasteiger partial charge in [-0.25, -0.2) is 0 Å². The van der Waals surface area contributed by atoms with E-state index in [1.807, 2.05) is 41.7 Å². The fraction of sp³-hybridized carbons (Fsp3) is 0.389. The number of benzene rings is 1. The van der Waals surface area contributed by atoms with Gasteiger partial charge in [0.2, 0.25) is 5.91 Å². The minimum Gasteiger partial charge on any atom is -0.354 e. The van der Waals surface area contributed by atoms with Crippen LogP contribution in [-0.2, 0) is 11.2 Å². The molecular weight excluding hydrogens is 292 g/mol. The zero-order valence-electron chi connectivity index (χ0n) is 13.3. The number of amides is 1. The molecule has 1 heterocycles. The number of hydrogen-bond donors (Lipinski definition) is 2. The normalized spacial score (nSPS) is 12.1. The van der Waals surface area contributed by atoms with Gasteiger partial charge in [0.05, 0.1) is 0 Å². The Morgan fingerprint density at radius 1 is 1.27 bits per heavy atom. The molecule has 22 heavy (non-hydrogen) atoms. The van der Waals surface area contributed by atoms with Gasteiger partial charge in [0, 0.05) is 28.8 Å². The molecule has 0 aliphatic rings. The molecule has 3 N–H and O–H groups in total. The average molecular weight is 316 g/mol. The third-order valence-corrected chi connectivity index (χ3v) is 4.75. The van der Waals surface area contributed by atoms with E-state index >= 15 is 0 Å². The van der Waals surface area contributed by atoms with Crippen LogP contribution in [0.1, 0.15) is 39.8 Å². The van der Waals surface area contributed by atoms with E-state index in [0.29, 0.717) is 13.0 Å². The Kier molecular flexibility index (Phi) is 6.16. The molecule has 1 aromatic heterocycles. The highest BCUT2D eigenvalue weighted by Gasteiger charge is 2.08. The van der Waals surface area contributed by atoms with E-state index in [1.54, 1.807) is 0 Å². The quantitative estimate of drug-likeness (QED) is 0.821. The van der Waals surface area contributed by atoms with Crippen molar-refractivity contribution in [2.75, 3.05) is 6.54 Å². The van der Waals surface area contributed by atoms with Gasteiger partial charge >= 0.3 is 0 Å². The molecule has 0 radical (unpaired) electrons. The van der Waals surface area contributed by atoms with Crippen LogP contribution in [0.4, 0.5) is 0 Å². The zero-order valence-corrected chi connectivity index (χ0v) is 14.1. The van der Waals surface area contributed by atoms with Crippen LogP contribution in [0.15, 0.2) is 36.4 Å². The van der Waals surface area contributed by atoms with Crippen LogP contribution < -0.4 is 11.1 Å². The van der Waals surface area contributed by atoms with Gasteiger partial charge in [0.25, 0.3) is 0 Å². The van der Waals surface area contributed by atoms with Gasteiger partial charge in [0.15, 0.2) is 0 Å². The number of carbonyl (C=O) groups excluding carboxylic acids is 1. The molecule has 2 rings (SSSR count). The number of thiophene rings is 1. The summed E-state index contributed by atoms with van der Waals surface area (Å²) >= 11 is 1.82. The second-order valence-corrected chi connectivity index (χ2v) is 7.07. The number of hydrogen-bond acceptors (Lipinski definition) is 3. The lowest BCUT2D eigenvalue weighted by molar-refractivity contribution is -0.121. The van der Waals surface area contributed by atoms with E-state index in [4.69, 9.17) is 5.73 Å². The molecule has 118 valence electrons. The Hall–Kier alpha value is -1.65. The molecule has 1 aromatic carbocycles. The van der Waals surface area contributed by atoms with Gasteiger partial charge in [-0.1, -0.05) is 30.3 Å². The summed E-state index contributed by atoms with van der Waals surface area (Å²) in [7, 11) is 0. The van der Waals surface area contributed by atoms with E-state index in [0.717, 1.165) is 18.4 Å². The maximum Gasteiger partial charge on any atom is 0.220 e. The first-order valence-electron chi connectivity index (χ1n) is 7.69. The van der Waals surface area contributed by atoms with Crippen LogP contribution in [0, 0.1) is 13.8 Å². The number of nitrogens with two attached hydrogens (primary N) is 1. The summed E-state index contributed by atoms with van der Waals surface area (Å²) in [5.41, 5.74) is 8.49. The highest BCUT2D eigenvalue weighted by Crippen LogP contribution is 2.22. The SMILES string of the molecule is Cc1cc(CCCC(=O)NCC(N)c2ccccc2)c(C)s1. The van der Waals surface area contributed by atoms with E-state index in [9.17, 15) is 4.79 Å². The fourth-order valence-corrected chi connectivity index (χ4v) is 3.48. The minimum absolute atomic E-state index is 0.0796. The molecule has 3 nitrogen and oxygen atoms in total. The van der Waals surface area contributed by atoms with Crippen molar-refractivity contribution in [1.82, 2.24) is 5.32 Å². The van der Waals surface area contributed by atoms with Crippen molar-refractivity contribution >= 4 is 17.2 Å². The number of nitrogens with one attached hydrogen (secondary N) is 1. The van der Waals surface area contributed by atoms with Crippen molar-refractivity contribution in [3.8, 4) is 0 Å². The molecule has 0 saturated heterocycles. The van der Waals surface area contributed by atoms with Crippen LogP contribution >= 0.6 is 11.3 Å². The van der Waals surface area contributed by atoms with Crippen LogP contribution in [0.25, 0.3) is 0 Å². The van der Waals surface area contributed by atoms with Crippen molar-refractivity contribution < 1.29 is 4.79 Å². The molecule has 0 spiro atoms. The largest absolute Gasteiger partial charge is 0.354 e. The summed E-state index contributed by atoms with van der Waals surface area (Å²) in [6, 6.07) is 11.9. The van der Waals surface area contributed by atoms with Gasteiger partial charge < -0.3 is 11.1 Å². The molecule has 0 saturated carbocycles. The van der Waals surface area contributed by atoms with Crippen LogP contribution in [0.2, 0.25) is 0 Å². The molecule has 0 fully saturated rings. The minimum atomic E-state index is -0.146. The molecule has 4 heteroatoms. The maximum atomic E-state index is 11.9. The highest BCUT2D eigenvalue weighted by molar-refractivity contribution is 7.12. The van der Waals surface area contributed by atoms with Gasteiger partial charge in [-0.05, 0) is 43.9 Å². The number of rotatable bonds is 7. The zero-order chi connectivity index (χ0) is 15.9. The van der Waals surface area contributed by atoms with Crippen LogP contribution in [0.3, 0.4) is 0 Å². The predicted octanol–water partition coefficient (Wildman–Crippen LogP) is 3.50. The van der Waals surface area contributed by atoms with Crippen LogP contribution in [0.5, 0.6) is 0 Å². The average Bonchev–Trinajstić information content (AvgIpc) is 2.83. The van der Waals surface area contributed by atoms with Gasteiger partial charge in [-0.2, -0.15) is 0 Å². The number of carbonyl (C=O) groups is 1. The van der Waals surface area contributed by atoms with Crippen molar-refractivity contribution in [2.24, 2.45) is 5.73 Å². The topological polar surface area (TPSA) is 55.1 Å². The first-order valence-corrected chi connectivity index (χ1v) is 8.51. The van der Waals surface area contributed by atoms with E-state index in [1.165, 1.54) is 15.3 Å². The molecule has 2 aromatic rings. The third-order valence-electron chi connectivity index (χ3n) is 3.74. The lowest BCUT2D eigenvalue weighted by atomic mass is 10.1. The monoisotopic (exact) mass is 316 g/mol.